The molecule has 2 aromatic carbocycles. The molecule has 3 aromatic rings. The Morgan fingerprint density at radius 3 is 2.73 bits per heavy atom. The van der Waals surface area contributed by atoms with E-state index in [0.29, 0.717) is 51.8 Å². The van der Waals surface area contributed by atoms with Crippen molar-refractivity contribution in [2.75, 3.05) is 32.6 Å². The Bertz CT molecular complexity index is 1280. The highest BCUT2D eigenvalue weighted by Gasteiger charge is 2.36. The van der Waals surface area contributed by atoms with Gasteiger partial charge in [-0.1, -0.05) is 19.1 Å². The molecule has 9 heteroatoms. The molecule has 1 aliphatic carbocycles. The number of amides is 1. The molecular formula is C28H34FN5O3. The second-order valence-corrected chi connectivity index (χ2v) is 9.85. The lowest BCUT2D eigenvalue weighted by Crippen LogP contribution is -2.57. The predicted molar refractivity (Wildman–Crippen MR) is 141 cm³/mol. The number of carbonyl (C=O) groups excluding carboxylic acids is 1. The number of anilines is 2. The second-order valence-electron chi connectivity index (χ2n) is 9.85. The third kappa shape index (κ3) is 5.18. The largest absolute Gasteiger partial charge is 0.493 e. The lowest BCUT2D eigenvalue weighted by atomic mass is 9.81. The van der Waals surface area contributed by atoms with Crippen molar-refractivity contribution in [3.05, 3.63) is 48.0 Å². The quantitative estimate of drug-likeness (QED) is 0.488. The number of nitrogens with one attached hydrogen (secondary N) is 2. The van der Waals surface area contributed by atoms with Gasteiger partial charge in [-0.05, 0) is 55.7 Å². The van der Waals surface area contributed by atoms with Gasteiger partial charge in [0.05, 0.1) is 30.5 Å². The summed E-state index contributed by atoms with van der Waals surface area (Å²) in [5.74, 6) is 1.91. The average molecular weight is 508 g/mol. The van der Waals surface area contributed by atoms with Gasteiger partial charge in [-0.3, -0.25) is 4.79 Å². The summed E-state index contributed by atoms with van der Waals surface area (Å²) in [6.45, 7) is 3.52. The molecule has 1 atom stereocenters. The van der Waals surface area contributed by atoms with Crippen molar-refractivity contribution in [3.8, 4) is 11.5 Å². The summed E-state index contributed by atoms with van der Waals surface area (Å²) in [6, 6.07) is 8.89. The standard InChI is InChI=1S/C28H34FN5O3/c1-4-17-6-5-7-21(25(17)29)33-27-20-14-24(23(36-3)15-22(20)31-16-32-27)37-19-10-8-18(9-11-19)26-28(35)34(2)13-12-30-26/h5-7,14-16,18-19,26,30H,4,8-13H2,1-3H3,(H,31,32,33). The van der Waals surface area contributed by atoms with Gasteiger partial charge in [0, 0.05) is 31.6 Å². The number of aryl methyl sites for hydroxylation is 1. The minimum Gasteiger partial charge on any atom is -0.493 e. The van der Waals surface area contributed by atoms with Gasteiger partial charge in [-0.15, -0.1) is 0 Å². The van der Waals surface area contributed by atoms with Crippen LogP contribution in [0.2, 0.25) is 0 Å². The molecule has 2 fully saturated rings. The first-order valence-corrected chi connectivity index (χ1v) is 13.0. The Kier molecular flexibility index (Phi) is 7.41. The third-order valence-corrected chi connectivity index (χ3v) is 7.57. The molecule has 1 amide bonds. The molecule has 0 radical (unpaired) electrons. The van der Waals surface area contributed by atoms with Crippen molar-refractivity contribution in [2.45, 2.75) is 51.2 Å². The van der Waals surface area contributed by atoms with Crippen LogP contribution in [-0.4, -0.2) is 60.2 Å². The monoisotopic (exact) mass is 507 g/mol. The van der Waals surface area contributed by atoms with Gasteiger partial charge >= 0.3 is 0 Å². The SMILES string of the molecule is CCc1cccc(Nc2ncnc3cc(OC)c(OC4CCC(C5NCCN(C)C5=O)CC4)cc23)c1F. The van der Waals surface area contributed by atoms with E-state index in [4.69, 9.17) is 9.47 Å². The van der Waals surface area contributed by atoms with Gasteiger partial charge in [0.25, 0.3) is 0 Å². The highest BCUT2D eigenvalue weighted by atomic mass is 19.1. The van der Waals surface area contributed by atoms with E-state index in [2.05, 4.69) is 20.6 Å². The molecule has 0 bridgehead atoms. The van der Waals surface area contributed by atoms with E-state index in [1.807, 2.05) is 37.1 Å². The molecule has 2 heterocycles. The Hall–Kier alpha value is -3.46. The number of hydrogen-bond acceptors (Lipinski definition) is 7. The van der Waals surface area contributed by atoms with Crippen LogP contribution in [0.5, 0.6) is 11.5 Å². The Morgan fingerprint density at radius 1 is 1.16 bits per heavy atom. The van der Waals surface area contributed by atoms with Crippen molar-refractivity contribution in [3.63, 3.8) is 0 Å². The van der Waals surface area contributed by atoms with Crippen LogP contribution in [0.4, 0.5) is 15.9 Å². The summed E-state index contributed by atoms with van der Waals surface area (Å²) >= 11 is 0. The number of piperazine rings is 1. The fourth-order valence-corrected chi connectivity index (χ4v) is 5.40. The lowest BCUT2D eigenvalue weighted by Gasteiger charge is -2.38. The molecule has 1 aliphatic heterocycles. The molecule has 5 rings (SSSR count). The summed E-state index contributed by atoms with van der Waals surface area (Å²) in [4.78, 5) is 23.2. The number of halogens is 1. The van der Waals surface area contributed by atoms with Crippen LogP contribution >= 0.6 is 0 Å². The van der Waals surface area contributed by atoms with Crippen molar-refractivity contribution in [2.24, 2.45) is 5.92 Å². The Morgan fingerprint density at radius 2 is 1.97 bits per heavy atom. The molecule has 1 aromatic heterocycles. The zero-order valence-electron chi connectivity index (χ0n) is 21.6. The number of benzene rings is 2. The second kappa shape index (κ2) is 10.9. The summed E-state index contributed by atoms with van der Waals surface area (Å²) < 4.78 is 27.0. The summed E-state index contributed by atoms with van der Waals surface area (Å²) in [5.41, 5.74) is 1.68. The first-order chi connectivity index (χ1) is 18.0. The zero-order valence-corrected chi connectivity index (χ0v) is 21.6. The number of aromatic nitrogens is 2. The Balaban J connectivity index is 1.35. The van der Waals surface area contributed by atoms with E-state index in [9.17, 15) is 9.18 Å². The summed E-state index contributed by atoms with van der Waals surface area (Å²) in [5, 5.41) is 7.27. The number of hydrogen-bond donors (Lipinski definition) is 2. The van der Waals surface area contributed by atoms with E-state index < -0.39 is 0 Å². The van der Waals surface area contributed by atoms with Gasteiger partial charge < -0.3 is 25.0 Å². The van der Waals surface area contributed by atoms with Crippen molar-refractivity contribution in [1.29, 1.82) is 0 Å². The maximum absolute atomic E-state index is 14.9. The Labute approximate surface area is 216 Å². The number of fused-ring (bicyclic) bond motifs is 1. The first kappa shape index (κ1) is 25.2. The molecule has 2 aliphatic rings. The van der Waals surface area contributed by atoms with E-state index in [1.54, 1.807) is 19.2 Å². The zero-order chi connectivity index (χ0) is 25.9. The number of nitrogens with zero attached hydrogens (tertiary/aromatic N) is 3. The molecule has 196 valence electrons. The fraction of sp³-hybridized carbons (Fsp3) is 0.464. The maximum Gasteiger partial charge on any atom is 0.239 e. The summed E-state index contributed by atoms with van der Waals surface area (Å²) in [7, 11) is 3.48. The fourth-order valence-electron chi connectivity index (χ4n) is 5.40. The van der Waals surface area contributed by atoms with Gasteiger partial charge in [0.15, 0.2) is 11.5 Å². The van der Waals surface area contributed by atoms with Crippen LogP contribution in [0.3, 0.4) is 0 Å². The van der Waals surface area contributed by atoms with Crippen LogP contribution in [0, 0.1) is 11.7 Å². The number of ether oxygens (including phenoxy) is 2. The van der Waals surface area contributed by atoms with Crippen LogP contribution < -0.4 is 20.1 Å². The molecule has 1 saturated heterocycles. The highest BCUT2D eigenvalue weighted by molar-refractivity contribution is 5.93. The van der Waals surface area contributed by atoms with Gasteiger partial charge in [-0.25, -0.2) is 14.4 Å². The molecule has 0 spiro atoms. The van der Waals surface area contributed by atoms with Crippen LogP contribution in [0.15, 0.2) is 36.7 Å². The number of likely N-dealkylation sites (N-methyl/N-ethyl adjacent to an activating group) is 1. The topological polar surface area (TPSA) is 88.6 Å². The van der Waals surface area contributed by atoms with E-state index in [-0.39, 0.29) is 23.9 Å². The number of methoxy groups -OCH3 is 1. The van der Waals surface area contributed by atoms with E-state index >= 15 is 0 Å². The van der Waals surface area contributed by atoms with E-state index in [1.165, 1.54) is 6.33 Å². The number of carbonyl (C=O) groups is 1. The molecular weight excluding hydrogens is 473 g/mol. The van der Waals surface area contributed by atoms with Crippen LogP contribution in [0.1, 0.15) is 38.2 Å². The number of rotatable bonds is 7. The van der Waals surface area contributed by atoms with Crippen LogP contribution in [0.25, 0.3) is 10.9 Å². The third-order valence-electron chi connectivity index (χ3n) is 7.57. The van der Waals surface area contributed by atoms with Gasteiger partial charge in [0.2, 0.25) is 5.91 Å². The van der Waals surface area contributed by atoms with Crippen molar-refractivity contribution >= 4 is 28.3 Å². The first-order valence-electron chi connectivity index (χ1n) is 13.0. The predicted octanol–water partition coefficient (Wildman–Crippen LogP) is 4.45. The van der Waals surface area contributed by atoms with Gasteiger partial charge in [0.1, 0.15) is 18.0 Å². The van der Waals surface area contributed by atoms with Crippen molar-refractivity contribution < 1.29 is 18.7 Å². The molecule has 1 unspecified atom stereocenters. The summed E-state index contributed by atoms with van der Waals surface area (Å²) in [6.07, 6.45) is 5.61. The average Bonchev–Trinajstić information content (AvgIpc) is 2.92. The minimum atomic E-state index is -0.282. The highest BCUT2D eigenvalue weighted by Crippen LogP contribution is 2.38. The lowest BCUT2D eigenvalue weighted by molar-refractivity contribution is -0.136. The molecule has 37 heavy (non-hydrogen) atoms. The normalized spacial score (nSPS) is 22.2. The van der Waals surface area contributed by atoms with Gasteiger partial charge in [-0.2, -0.15) is 0 Å². The van der Waals surface area contributed by atoms with Crippen molar-refractivity contribution in [1.82, 2.24) is 20.2 Å². The maximum atomic E-state index is 14.9. The molecule has 8 nitrogen and oxygen atoms in total. The smallest absolute Gasteiger partial charge is 0.239 e. The van der Waals surface area contributed by atoms with Crippen LogP contribution in [-0.2, 0) is 11.2 Å². The van der Waals surface area contributed by atoms with E-state index in [0.717, 1.165) is 38.8 Å². The molecule has 1 saturated carbocycles. The minimum absolute atomic E-state index is 0.0127. The molecule has 2 N–H and O–H groups in total.